The number of piperidine rings is 1. The molecule has 0 atom stereocenters. The van der Waals surface area contributed by atoms with Gasteiger partial charge in [0.05, 0.1) is 11.8 Å². The largest absolute Gasteiger partial charge is 0.481 e. The van der Waals surface area contributed by atoms with Crippen LogP contribution in [0.1, 0.15) is 52.1 Å². The SMILES string of the molecule is Cc1ccc(CCC2CCN(C(=O)c3c(C)coc3CC(=O)O)CC2)cc1. The summed E-state index contributed by atoms with van der Waals surface area (Å²) in [5.41, 5.74) is 3.78. The Morgan fingerprint density at radius 1 is 1.15 bits per heavy atom. The Kier molecular flexibility index (Phi) is 5.99. The number of carboxylic acids is 1. The molecule has 2 heterocycles. The number of aryl methyl sites for hydroxylation is 3. The van der Waals surface area contributed by atoms with Gasteiger partial charge in [-0.15, -0.1) is 0 Å². The van der Waals surface area contributed by atoms with Gasteiger partial charge in [0.15, 0.2) is 0 Å². The van der Waals surface area contributed by atoms with Gasteiger partial charge in [0.2, 0.25) is 0 Å². The molecule has 1 aromatic carbocycles. The molecule has 27 heavy (non-hydrogen) atoms. The summed E-state index contributed by atoms with van der Waals surface area (Å²) < 4.78 is 5.31. The van der Waals surface area contributed by atoms with E-state index in [1.54, 1.807) is 6.92 Å². The highest BCUT2D eigenvalue weighted by molar-refractivity contribution is 5.97. The number of aliphatic carboxylic acids is 1. The molecule has 1 aliphatic rings. The van der Waals surface area contributed by atoms with Crippen LogP contribution in [0.3, 0.4) is 0 Å². The maximum absolute atomic E-state index is 12.9. The molecule has 2 aromatic rings. The minimum atomic E-state index is -0.992. The summed E-state index contributed by atoms with van der Waals surface area (Å²) >= 11 is 0. The summed E-state index contributed by atoms with van der Waals surface area (Å²) in [6.45, 7) is 5.32. The summed E-state index contributed by atoms with van der Waals surface area (Å²) in [7, 11) is 0. The quantitative estimate of drug-likeness (QED) is 0.835. The normalized spacial score (nSPS) is 15.1. The van der Waals surface area contributed by atoms with E-state index >= 15 is 0 Å². The van der Waals surface area contributed by atoms with Crippen LogP contribution in [0.2, 0.25) is 0 Å². The molecule has 1 saturated heterocycles. The first-order chi connectivity index (χ1) is 12.9. The molecule has 1 aromatic heterocycles. The van der Waals surface area contributed by atoms with E-state index in [1.165, 1.54) is 17.4 Å². The van der Waals surface area contributed by atoms with Gasteiger partial charge in [0, 0.05) is 18.7 Å². The molecule has 0 spiro atoms. The second-order valence-electron chi connectivity index (χ2n) is 7.55. The summed E-state index contributed by atoms with van der Waals surface area (Å²) in [5.74, 6) is -0.214. The number of hydrogen-bond donors (Lipinski definition) is 1. The van der Waals surface area contributed by atoms with Gasteiger partial charge in [-0.3, -0.25) is 9.59 Å². The Morgan fingerprint density at radius 2 is 1.81 bits per heavy atom. The zero-order valence-corrected chi connectivity index (χ0v) is 16.0. The molecule has 1 fully saturated rings. The lowest BCUT2D eigenvalue weighted by Crippen LogP contribution is -2.39. The van der Waals surface area contributed by atoms with Gasteiger partial charge in [-0.2, -0.15) is 0 Å². The number of carboxylic acid groups (broad SMARTS) is 1. The average Bonchev–Trinajstić information content (AvgIpc) is 3.00. The number of furan rings is 1. The second kappa shape index (κ2) is 8.42. The number of amides is 1. The molecule has 0 bridgehead atoms. The smallest absolute Gasteiger partial charge is 0.311 e. The number of nitrogens with zero attached hydrogens (tertiary/aromatic N) is 1. The lowest BCUT2D eigenvalue weighted by Gasteiger charge is -2.32. The van der Waals surface area contributed by atoms with Crippen molar-refractivity contribution in [1.82, 2.24) is 4.90 Å². The average molecular weight is 369 g/mol. The highest BCUT2D eigenvalue weighted by Gasteiger charge is 2.28. The van der Waals surface area contributed by atoms with Gasteiger partial charge in [-0.05, 0) is 51.0 Å². The molecule has 5 nitrogen and oxygen atoms in total. The number of rotatable bonds is 6. The first-order valence-corrected chi connectivity index (χ1v) is 9.57. The van der Waals surface area contributed by atoms with E-state index in [-0.39, 0.29) is 18.1 Å². The molecule has 0 saturated carbocycles. The predicted molar refractivity (Wildman–Crippen MR) is 103 cm³/mol. The topological polar surface area (TPSA) is 70.8 Å². The third-order valence-corrected chi connectivity index (χ3v) is 5.44. The van der Waals surface area contributed by atoms with Crippen molar-refractivity contribution in [2.24, 2.45) is 5.92 Å². The van der Waals surface area contributed by atoms with Crippen LogP contribution >= 0.6 is 0 Å². The lowest BCUT2D eigenvalue weighted by molar-refractivity contribution is -0.136. The Balaban J connectivity index is 1.54. The number of benzene rings is 1. The summed E-state index contributed by atoms with van der Waals surface area (Å²) in [5, 5.41) is 9.01. The molecule has 144 valence electrons. The molecule has 1 amide bonds. The van der Waals surface area contributed by atoms with Crippen molar-refractivity contribution in [2.45, 2.75) is 46.0 Å². The van der Waals surface area contributed by atoms with E-state index < -0.39 is 5.97 Å². The van der Waals surface area contributed by atoms with Gasteiger partial charge in [-0.1, -0.05) is 29.8 Å². The van der Waals surface area contributed by atoms with E-state index in [9.17, 15) is 9.59 Å². The first kappa shape index (κ1) is 19.2. The molecule has 1 aliphatic heterocycles. The summed E-state index contributed by atoms with van der Waals surface area (Å²) in [6, 6.07) is 8.69. The van der Waals surface area contributed by atoms with Crippen LogP contribution in [0, 0.1) is 19.8 Å². The van der Waals surface area contributed by atoms with Crippen LogP contribution in [0.4, 0.5) is 0 Å². The zero-order chi connectivity index (χ0) is 19.4. The van der Waals surface area contributed by atoms with Crippen LogP contribution < -0.4 is 0 Å². The van der Waals surface area contributed by atoms with E-state index in [2.05, 4.69) is 31.2 Å². The van der Waals surface area contributed by atoms with Crippen molar-refractivity contribution in [1.29, 1.82) is 0 Å². The van der Waals surface area contributed by atoms with Gasteiger partial charge in [-0.25, -0.2) is 0 Å². The molecule has 3 rings (SSSR count). The molecule has 0 aliphatic carbocycles. The monoisotopic (exact) mass is 369 g/mol. The van der Waals surface area contributed by atoms with Crippen LogP contribution in [0.5, 0.6) is 0 Å². The lowest BCUT2D eigenvalue weighted by atomic mass is 9.90. The first-order valence-electron chi connectivity index (χ1n) is 9.57. The van der Waals surface area contributed by atoms with Crippen molar-refractivity contribution in [3.05, 3.63) is 58.5 Å². The number of carbonyl (C=O) groups is 2. The zero-order valence-electron chi connectivity index (χ0n) is 16.0. The fourth-order valence-corrected chi connectivity index (χ4v) is 3.76. The highest BCUT2D eigenvalue weighted by atomic mass is 16.4. The third-order valence-electron chi connectivity index (χ3n) is 5.44. The molecule has 0 unspecified atom stereocenters. The van der Waals surface area contributed by atoms with Gasteiger partial charge in [0.25, 0.3) is 5.91 Å². The Bertz CT molecular complexity index is 798. The Labute approximate surface area is 160 Å². The van der Waals surface area contributed by atoms with Crippen molar-refractivity contribution in [2.75, 3.05) is 13.1 Å². The molecule has 0 radical (unpaired) electrons. The van der Waals surface area contributed by atoms with Crippen LogP contribution in [-0.4, -0.2) is 35.0 Å². The highest BCUT2D eigenvalue weighted by Crippen LogP contribution is 2.26. The van der Waals surface area contributed by atoms with Crippen molar-refractivity contribution < 1.29 is 19.1 Å². The van der Waals surface area contributed by atoms with E-state index in [0.29, 0.717) is 30.1 Å². The minimum Gasteiger partial charge on any atom is -0.481 e. The molecule has 1 N–H and O–H groups in total. The number of carbonyl (C=O) groups excluding carboxylic acids is 1. The summed E-state index contributed by atoms with van der Waals surface area (Å²) in [6.07, 6.45) is 5.40. The van der Waals surface area contributed by atoms with Gasteiger partial charge in [0.1, 0.15) is 12.2 Å². The minimum absolute atomic E-state index is 0.102. The van der Waals surface area contributed by atoms with E-state index in [4.69, 9.17) is 9.52 Å². The standard InChI is InChI=1S/C22H27NO4/c1-15-3-5-17(6-4-15)7-8-18-9-11-23(12-10-18)22(26)21-16(2)14-27-19(21)13-20(24)25/h3-6,14,18H,7-13H2,1-2H3,(H,24,25). The maximum atomic E-state index is 12.9. The fourth-order valence-electron chi connectivity index (χ4n) is 3.76. The van der Waals surface area contributed by atoms with Crippen LogP contribution in [0.15, 0.2) is 34.9 Å². The maximum Gasteiger partial charge on any atom is 0.311 e. The fraction of sp³-hybridized carbons (Fsp3) is 0.455. The Hall–Kier alpha value is -2.56. The van der Waals surface area contributed by atoms with Crippen LogP contribution in [0.25, 0.3) is 0 Å². The predicted octanol–water partition coefficient (Wildman–Crippen LogP) is 4.01. The molecular weight excluding hydrogens is 342 g/mol. The third kappa shape index (κ3) is 4.79. The van der Waals surface area contributed by atoms with Gasteiger partial charge < -0.3 is 14.4 Å². The molecular formula is C22H27NO4. The summed E-state index contributed by atoms with van der Waals surface area (Å²) in [4.78, 5) is 25.7. The van der Waals surface area contributed by atoms with Crippen molar-refractivity contribution >= 4 is 11.9 Å². The number of likely N-dealkylation sites (tertiary alicyclic amines) is 1. The number of hydrogen-bond acceptors (Lipinski definition) is 3. The van der Waals surface area contributed by atoms with Crippen molar-refractivity contribution in [3.63, 3.8) is 0 Å². The van der Waals surface area contributed by atoms with E-state index in [0.717, 1.165) is 25.7 Å². The van der Waals surface area contributed by atoms with E-state index in [1.807, 2.05) is 4.90 Å². The molecule has 5 heteroatoms. The van der Waals surface area contributed by atoms with Crippen LogP contribution in [-0.2, 0) is 17.6 Å². The second-order valence-corrected chi connectivity index (χ2v) is 7.55. The van der Waals surface area contributed by atoms with Crippen molar-refractivity contribution in [3.8, 4) is 0 Å². The van der Waals surface area contributed by atoms with Gasteiger partial charge >= 0.3 is 5.97 Å². The Morgan fingerprint density at radius 3 is 2.44 bits per heavy atom.